The Morgan fingerprint density at radius 2 is 2.12 bits per heavy atom. The van der Waals surface area contributed by atoms with E-state index in [2.05, 4.69) is 15.0 Å². The van der Waals surface area contributed by atoms with Crippen LogP contribution < -0.4 is 15.6 Å². The van der Waals surface area contributed by atoms with Crippen LogP contribution >= 0.6 is 0 Å². The van der Waals surface area contributed by atoms with Crippen LogP contribution in [0.15, 0.2) is 28.0 Å². The number of hydrogen-bond donors (Lipinski definition) is 3. The molecular formula is C8H11N3O4S. The van der Waals surface area contributed by atoms with Crippen molar-refractivity contribution in [1.29, 1.82) is 0 Å². The summed E-state index contributed by atoms with van der Waals surface area (Å²) in [4.78, 5) is 23.7. The quantitative estimate of drug-likeness (QED) is 0.593. The van der Waals surface area contributed by atoms with Crippen molar-refractivity contribution < 1.29 is 13.2 Å². The molecule has 1 heterocycles. The van der Waals surface area contributed by atoms with Crippen molar-refractivity contribution in [2.45, 2.75) is 4.90 Å². The molecule has 0 saturated heterocycles. The Kier molecular flexibility index (Phi) is 3.80. The van der Waals surface area contributed by atoms with E-state index in [4.69, 9.17) is 0 Å². The SMILES string of the molecule is CNC(=O)CNS(=O)(=O)c1ccc(=O)[nH]c1. The topological polar surface area (TPSA) is 108 Å². The Bertz CT molecular complexity index is 514. The lowest BCUT2D eigenvalue weighted by atomic mass is 10.5. The third-order valence-electron chi connectivity index (χ3n) is 1.77. The van der Waals surface area contributed by atoms with Crippen LogP contribution in [-0.2, 0) is 14.8 Å². The van der Waals surface area contributed by atoms with Crippen molar-refractivity contribution in [2.75, 3.05) is 13.6 Å². The lowest BCUT2D eigenvalue weighted by Gasteiger charge is -2.04. The molecule has 0 radical (unpaired) electrons. The summed E-state index contributed by atoms with van der Waals surface area (Å²) in [5.74, 6) is -0.451. The van der Waals surface area contributed by atoms with Gasteiger partial charge >= 0.3 is 0 Å². The maximum absolute atomic E-state index is 11.6. The highest BCUT2D eigenvalue weighted by Crippen LogP contribution is 2.02. The van der Waals surface area contributed by atoms with E-state index in [-0.39, 0.29) is 11.4 Å². The van der Waals surface area contributed by atoms with Crippen molar-refractivity contribution in [1.82, 2.24) is 15.0 Å². The van der Waals surface area contributed by atoms with E-state index in [0.717, 1.165) is 18.3 Å². The van der Waals surface area contributed by atoms with E-state index >= 15 is 0 Å². The number of nitrogens with one attached hydrogen (secondary N) is 3. The molecular weight excluding hydrogens is 234 g/mol. The molecule has 1 rings (SSSR count). The first-order valence-electron chi connectivity index (χ1n) is 4.34. The summed E-state index contributed by atoms with van der Waals surface area (Å²) in [6, 6.07) is 2.25. The van der Waals surface area contributed by atoms with E-state index in [0.29, 0.717) is 0 Å². The Hall–Kier alpha value is -1.67. The molecule has 0 atom stereocenters. The van der Waals surface area contributed by atoms with Gasteiger partial charge in [0.15, 0.2) is 0 Å². The summed E-state index contributed by atoms with van der Waals surface area (Å²) < 4.78 is 25.2. The van der Waals surface area contributed by atoms with Crippen molar-refractivity contribution >= 4 is 15.9 Å². The second-order valence-corrected chi connectivity index (χ2v) is 4.65. The monoisotopic (exact) mass is 245 g/mol. The van der Waals surface area contributed by atoms with Crippen LogP contribution in [0.2, 0.25) is 0 Å². The first-order chi connectivity index (χ1) is 7.45. The predicted molar refractivity (Wildman–Crippen MR) is 56.3 cm³/mol. The zero-order valence-corrected chi connectivity index (χ0v) is 9.30. The van der Waals surface area contributed by atoms with E-state index in [9.17, 15) is 18.0 Å². The molecule has 0 spiro atoms. The van der Waals surface area contributed by atoms with Crippen molar-refractivity contribution in [3.63, 3.8) is 0 Å². The highest BCUT2D eigenvalue weighted by atomic mass is 32.2. The van der Waals surface area contributed by atoms with Gasteiger partial charge in [0.2, 0.25) is 21.5 Å². The van der Waals surface area contributed by atoms with Gasteiger partial charge in [0.05, 0.1) is 11.4 Å². The minimum absolute atomic E-state index is 0.101. The van der Waals surface area contributed by atoms with Crippen molar-refractivity contribution in [2.24, 2.45) is 0 Å². The largest absolute Gasteiger partial charge is 0.358 e. The van der Waals surface area contributed by atoms with Gasteiger partial charge in [-0.25, -0.2) is 13.1 Å². The zero-order valence-electron chi connectivity index (χ0n) is 8.48. The van der Waals surface area contributed by atoms with Gasteiger partial charge in [-0.05, 0) is 6.07 Å². The van der Waals surface area contributed by atoms with Crippen LogP contribution in [0.4, 0.5) is 0 Å². The lowest BCUT2D eigenvalue weighted by molar-refractivity contribution is -0.119. The van der Waals surface area contributed by atoms with Gasteiger partial charge in [-0.15, -0.1) is 0 Å². The molecule has 7 nitrogen and oxygen atoms in total. The molecule has 0 aliphatic carbocycles. The number of likely N-dealkylation sites (N-methyl/N-ethyl adjacent to an activating group) is 1. The zero-order chi connectivity index (χ0) is 12.2. The number of hydrogen-bond acceptors (Lipinski definition) is 4. The fourth-order valence-corrected chi connectivity index (χ4v) is 1.84. The molecule has 0 aliphatic heterocycles. The number of amides is 1. The molecule has 0 saturated carbocycles. The molecule has 0 aliphatic rings. The van der Waals surface area contributed by atoms with E-state index in [1.807, 2.05) is 0 Å². The maximum atomic E-state index is 11.6. The van der Waals surface area contributed by atoms with Crippen LogP contribution in [0.5, 0.6) is 0 Å². The van der Waals surface area contributed by atoms with Crippen LogP contribution in [-0.4, -0.2) is 32.9 Å². The Balaban J connectivity index is 2.82. The first kappa shape index (κ1) is 12.4. The Morgan fingerprint density at radius 3 is 2.62 bits per heavy atom. The Labute approximate surface area is 91.9 Å². The molecule has 16 heavy (non-hydrogen) atoms. The fourth-order valence-electron chi connectivity index (χ4n) is 0.896. The Morgan fingerprint density at radius 1 is 1.44 bits per heavy atom. The summed E-state index contributed by atoms with van der Waals surface area (Å²) in [6.45, 7) is -0.349. The van der Waals surface area contributed by atoms with E-state index in [1.54, 1.807) is 0 Å². The molecule has 0 bridgehead atoms. The van der Waals surface area contributed by atoms with E-state index < -0.39 is 21.5 Å². The summed E-state index contributed by atoms with van der Waals surface area (Å²) in [7, 11) is -2.36. The van der Waals surface area contributed by atoms with Crippen LogP contribution in [0.3, 0.4) is 0 Å². The molecule has 0 aromatic carbocycles. The molecule has 1 aromatic heterocycles. The number of carbonyl (C=O) groups excluding carboxylic acids is 1. The normalized spacial score (nSPS) is 11.1. The van der Waals surface area contributed by atoms with E-state index in [1.165, 1.54) is 7.05 Å². The van der Waals surface area contributed by atoms with Crippen LogP contribution in [0, 0.1) is 0 Å². The average Bonchev–Trinajstić information content (AvgIpc) is 2.26. The van der Waals surface area contributed by atoms with Gasteiger partial charge in [0.25, 0.3) is 0 Å². The summed E-state index contributed by atoms with van der Waals surface area (Å²) in [5, 5.41) is 2.27. The lowest BCUT2D eigenvalue weighted by Crippen LogP contribution is -2.35. The minimum Gasteiger partial charge on any atom is -0.358 e. The van der Waals surface area contributed by atoms with Gasteiger partial charge < -0.3 is 10.3 Å². The third-order valence-corrected chi connectivity index (χ3v) is 3.17. The number of H-pyrrole nitrogens is 1. The molecule has 88 valence electrons. The molecule has 0 unspecified atom stereocenters. The molecule has 8 heteroatoms. The molecule has 3 N–H and O–H groups in total. The van der Waals surface area contributed by atoms with Gasteiger partial charge in [-0.3, -0.25) is 9.59 Å². The number of rotatable bonds is 4. The smallest absolute Gasteiger partial charge is 0.247 e. The summed E-state index contributed by atoms with van der Waals surface area (Å²) in [5.41, 5.74) is -0.398. The number of aromatic amines is 1. The van der Waals surface area contributed by atoms with Crippen molar-refractivity contribution in [3.05, 3.63) is 28.7 Å². The first-order valence-corrected chi connectivity index (χ1v) is 5.83. The van der Waals surface area contributed by atoms with Gasteiger partial charge in [-0.2, -0.15) is 0 Å². The standard InChI is InChI=1S/C8H11N3O4S/c1-9-8(13)5-11-16(14,15)6-2-3-7(12)10-4-6/h2-4,11H,5H2,1H3,(H,9,13)(H,10,12). The van der Waals surface area contributed by atoms with Gasteiger partial charge in [0.1, 0.15) is 0 Å². The molecule has 1 aromatic rings. The number of aromatic nitrogens is 1. The van der Waals surface area contributed by atoms with Gasteiger partial charge in [0, 0.05) is 19.3 Å². The number of sulfonamides is 1. The fraction of sp³-hybridized carbons (Fsp3) is 0.250. The van der Waals surface area contributed by atoms with Gasteiger partial charge in [-0.1, -0.05) is 0 Å². The van der Waals surface area contributed by atoms with Crippen LogP contribution in [0.25, 0.3) is 0 Å². The number of pyridine rings is 1. The highest BCUT2D eigenvalue weighted by molar-refractivity contribution is 7.89. The summed E-state index contributed by atoms with van der Waals surface area (Å²) >= 11 is 0. The second-order valence-electron chi connectivity index (χ2n) is 2.89. The van der Waals surface area contributed by atoms with Crippen LogP contribution in [0.1, 0.15) is 0 Å². The second kappa shape index (κ2) is 4.90. The molecule has 1 amide bonds. The third kappa shape index (κ3) is 3.17. The minimum atomic E-state index is -3.76. The highest BCUT2D eigenvalue weighted by Gasteiger charge is 2.14. The number of carbonyl (C=O) groups is 1. The molecule has 0 fully saturated rings. The maximum Gasteiger partial charge on any atom is 0.247 e. The van der Waals surface area contributed by atoms with Crippen molar-refractivity contribution in [3.8, 4) is 0 Å². The predicted octanol–water partition coefficient (Wildman–Crippen LogP) is -1.60. The average molecular weight is 245 g/mol. The summed E-state index contributed by atoms with van der Waals surface area (Å²) in [6.07, 6.45) is 1.06.